The number of methoxy groups -OCH3 is 1. The largest absolute Gasteiger partial charge is 0.495 e. The average molecular weight is 357 g/mol. The number of carbonyl (C=O) groups is 1. The van der Waals surface area contributed by atoms with Crippen LogP contribution in [0.25, 0.3) is 0 Å². The molecule has 122 valence electrons. The van der Waals surface area contributed by atoms with Crippen molar-refractivity contribution in [1.82, 2.24) is 0 Å². The maximum Gasteiger partial charge on any atom is 0.226 e. The molecule has 4 nitrogen and oxygen atoms in total. The fourth-order valence-electron chi connectivity index (χ4n) is 1.92. The molecule has 2 N–H and O–H groups in total. The second-order valence-electron chi connectivity index (χ2n) is 4.70. The number of rotatable bonds is 6. The molecule has 0 saturated carbocycles. The highest BCUT2D eigenvalue weighted by Crippen LogP contribution is 2.27. The minimum absolute atomic E-state index is 0.0307. The number of carbonyl (C=O) groups excluding carboxylic acids is 1. The summed E-state index contributed by atoms with van der Waals surface area (Å²) in [6.45, 7) is 0.372. The second-order valence-corrected chi connectivity index (χ2v) is 5.54. The van der Waals surface area contributed by atoms with Gasteiger partial charge in [0.2, 0.25) is 5.91 Å². The van der Waals surface area contributed by atoms with E-state index in [1.54, 1.807) is 24.3 Å². The molecule has 0 bridgehead atoms. The first-order chi connectivity index (χ1) is 11.0. The third kappa shape index (κ3) is 5.01. The fraction of sp³-hybridized carbons (Fsp3) is 0.188. The second kappa shape index (κ2) is 8.04. The van der Waals surface area contributed by atoms with Crippen molar-refractivity contribution in [1.29, 1.82) is 0 Å². The van der Waals surface area contributed by atoms with Gasteiger partial charge in [-0.2, -0.15) is 0 Å². The van der Waals surface area contributed by atoms with E-state index in [-0.39, 0.29) is 17.4 Å². The summed E-state index contributed by atoms with van der Waals surface area (Å²) in [5.74, 6) is -0.157. The molecule has 2 aromatic carbocycles. The van der Waals surface area contributed by atoms with Gasteiger partial charge in [-0.25, -0.2) is 4.39 Å². The third-order valence-corrected chi connectivity index (χ3v) is 3.56. The van der Waals surface area contributed by atoms with Gasteiger partial charge in [0.1, 0.15) is 11.6 Å². The fourth-order valence-corrected chi connectivity index (χ4v) is 2.27. The molecule has 0 heterocycles. The summed E-state index contributed by atoms with van der Waals surface area (Å²) in [6.07, 6.45) is 0.213. The van der Waals surface area contributed by atoms with Crippen molar-refractivity contribution in [3.05, 3.63) is 52.3 Å². The lowest BCUT2D eigenvalue weighted by Gasteiger charge is -2.11. The SMILES string of the molecule is COc1ccc(Cl)cc1NC(=O)CCNc1ccc(F)c(Cl)c1. The first kappa shape index (κ1) is 17.4. The lowest BCUT2D eigenvalue weighted by molar-refractivity contribution is -0.116. The Labute approximate surface area is 143 Å². The number of hydrogen-bond acceptors (Lipinski definition) is 3. The van der Waals surface area contributed by atoms with Crippen LogP contribution in [0.1, 0.15) is 6.42 Å². The van der Waals surface area contributed by atoms with Crippen molar-refractivity contribution in [3.8, 4) is 5.75 Å². The van der Waals surface area contributed by atoms with Gasteiger partial charge >= 0.3 is 0 Å². The molecule has 1 amide bonds. The van der Waals surface area contributed by atoms with Crippen LogP contribution in [-0.4, -0.2) is 19.6 Å². The van der Waals surface area contributed by atoms with Gasteiger partial charge in [0, 0.05) is 23.7 Å². The Kier molecular flexibility index (Phi) is 6.07. The van der Waals surface area contributed by atoms with Crippen molar-refractivity contribution >= 4 is 40.5 Å². The van der Waals surface area contributed by atoms with E-state index >= 15 is 0 Å². The van der Waals surface area contributed by atoms with Gasteiger partial charge in [0.15, 0.2) is 0 Å². The highest BCUT2D eigenvalue weighted by atomic mass is 35.5. The highest BCUT2D eigenvalue weighted by molar-refractivity contribution is 6.31. The lowest BCUT2D eigenvalue weighted by Crippen LogP contribution is -2.16. The average Bonchev–Trinajstić information content (AvgIpc) is 2.51. The molecule has 0 aliphatic heterocycles. The number of halogens is 3. The molecule has 2 aromatic rings. The van der Waals surface area contributed by atoms with Crippen LogP contribution in [0.5, 0.6) is 5.75 Å². The van der Waals surface area contributed by atoms with Gasteiger partial charge in [-0.15, -0.1) is 0 Å². The molecule has 0 aliphatic carbocycles. The molecule has 23 heavy (non-hydrogen) atoms. The monoisotopic (exact) mass is 356 g/mol. The summed E-state index contributed by atoms with van der Waals surface area (Å²) in [7, 11) is 1.51. The van der Waals surface area contributed by atoms with Gasteiger partial charge in [-0.3, -0.25) is 4.79 Å². The maximum atomic E-state index is 13.0. The van der Waals surface area contributed by atoms with E-state index in [0.29, 0.717) is 28.7 Å². The predicted molar refractivity (Wildman–Crippen MR) is 91.2 cm³/mol. The zero-order valence-electron chi connectivity index (χ0n) is 12.3. The molecule has 0 spiro atoms. The van der Waals surface area contributed by atoms with E-state index in [1.165, 1.54) is 19.2 Å². The quantitative estimate of drug-likeness (QED) is 0.796. The van der Waals surface area contributed by atoms with Crippen molar-refractivity contribution in [2.75, 3.05) is 24.3 Å². The summed E-state index contributed by atoms with van der Waals surface area (Å²) >= 11 is 11.6. The van der Waals surface area contributed by atoms with Crippen LogP contribution in [0, 0.1) is 5.82 Å². The van der Waals surface area contributed by atoms with E-state index in [4.69, 9.17) is 27.9 Å². The van der Waals surface area contributed by atoms with Gasteiger partial charge in [-0.05, 0) is 36.4 Å². The van der Waals surface area contributed by atoms with Gasteiger partial charge in [0.25, 0.3) is 0 Å². The van der Waals surface area contributed by atoms with Crippen LogP contribution < -0.4 is 15.4 Å². The van der Waals surface area contributed by atoms with E-state index < -0.39 is 5.82 Å². The zero-order valence-corrected chi connectivity index (χ0v) is 13.8. The van der Waals surface area contributed by atoms with Gasteiger partial charge in [0.05, 0.1) is 17.8 Å². The van der Waals surface area contributed by atoms with Crippen LogP contribution in [-0.2, 0) is 4.79 Å². The van der Waals surface area contributed by atoms with E-state index in [1.807, 2.05) is 0 Å². The molecule has 0 aliphatic rings. The van der Waals surface area contributed by atoms with Crippen LogP contribution in [0.4, 0.5) is 15.8 Å². The maximum absolute atomic E-state index is 13.0. The molecule has 0 saturated heterocycles. The minimum Gasteiger partial charge on any atom is -0.495 e. The molecule has 2 rings (SSSR count). The first-order valence-electron chi connectivity index (χ1n) is 6.82. The van der Waals surface area contributed by atoms with Crippen LogP contribution in [0.3, 0.4) is 0 Å². The van der Waals surface area contributed by atoms with Crippen molar-refractivity contribution < 1.29 is 13.9 Å². The van der Waals surface area contributed by atoms with Crippen molar-refractivity contribution in [2.45, 2.75) is 6.42 Å². The van der Waals surface area contributed by atoms with Crippen LogP contribution >= 0.6 is 23.2 Å². The molecular weight excluding hydrogens is 342 g/mol. The number of benzene rings is 2. The Morgan fingerprint density at radius 3 is 2.70 bits per heavy atom. The van der Waals surface area contributed by atoms with E-state index in [0.717, 1.165) is 0 Å². The van der Waals surface area contributed by atoms with Gasteiger partial charge < -0.3 is 15.4 Å². The molecule has 0 atom stereocenters. The minimum atomic E-state index is -0.483. The van der Waals surface area contributed by atoms with Crippen LogP contribution in [0.15, 0.2) is 36.4 Å². The lowest BCUT2D eigenvalue weighted by atomic mass is 10.2. The van der Waals surface area contributed by atoms with Gasteiger partial charge in [-0.1, -0.05) is 23.2 Å². The molecular formula is C16H15Cl2FN2O2. The van der Waals surface area contributed by atoms with Crippen molar-refractivity contribution in [2.24, 2.45) is 0 Å². The molecule has 0 fully saturated rings. The number of anilines is 2. The number of amides is 1. The standard InChI is InChI=1S/C16H15Cl2FN2O2/c1-23-15-5-2-10(17)8-14(15)21-16(22)6-7-20-11-3-4-13(19)12(18)9-11/h2-5,8-9,20H,6-7H2,1H3,(H,21,22). The summed E-state index contributed by atoms with van der Waals surface area (Å²) in [5, 5.41) is 6.27. The summed E-state index contributed by atoms with van der Waals surface area (Å²) in [5.41, 5.74) is 1.15. The Bertz CT molecular complexity index is 710. The van der Waals surface area contributed by atoms with Crippen molar-refractivity contribution in [3.63, 3.8) is 0 Å². The normalized spacial score (nSPS) is 10.3. The zero-order chi connectivity index (χ0) is 16.8. The molecule has 7 heteroatoms. The highest BCUT2D eigenvalue weighted by Gasteiger charge is 2.08. The number of nitrogens with one attached hydrogen (secondary N) is 2. The summed E-state index contributed by atoms with van der Waals surface area (Å²) in [4.78, 5) is 12.0. The Morgan fingerprint density at radius 2 is 2.00 bits per heavy atom. The predicted octanol–water partition coefficient (Wildman–Crippen LogP) is 4.58. The first-order valence-corrected chi connectivity index (χ1v) is 7.57. The molecule has 0 radical (unpaired) electrons. The summed E-state index contributed by atoms with van der Waals surface area (Å²) < 4.78 is 18.2. The Hall–Kier alpha value is -1.98. The number of hydrogen-bond donors (Lipinski definition) is 2. The smallest absolute Gasteiger partial charge is 0.226 e. The van der Waals surface area contributed by atoms with E-state index in [2.05, 4.69) is 10.6 Å². The molecule has 0 unspecified atom stereocenters. The third-order valence-electron chi connectivity index (χ3n) is 3.04. The van der Waals surface area contributed by atoms with E-state index in [9.17, 15) is 9.18 Å². The molecule has 0 aromatic heterocycles. The summed E-state index contributed by atoms with van der Waals surface area (Å²) in [6, 6.07) is 9.26. The van der Waals surface area contributed by atoms with Crippen LogP contribution in [0.2, 0.25) is 10.0 Å². The Balaban J connectivity index is 1.88. The topological polar surface area (TPSA) is 50.4 Å². The number of ether oxygens (including phenoxy) is 1. The Morgan fingerprint density at radius 1 is 1.22 bits per heavy atom.